The third-order valence-electron chi connectivity index (χ3n) is 5.45. The van der Waals surface area contributed by atoms with E-state index in [1.165, 1.54) is 49.0 Å². The van der Waals surface area contributed by atoms with Crippen LogP contribution in [0.4, 0.5) is 0 Å². The molecule has 0 unspecified atom stereocenters. The van der Waals surface area contributed by atoms with Gasteiger partial charge in [0, 0.05) is 0 Å². The topological polar surface area (TPSA) is 23.8 Å². The minimum Gasteiger partial charge on any atom is -0.192 e. The molecule has 0 saturated heterocycles. The van der Waals surface area contributed by atoms with Crippen LogP contribution in [0.2, 0.25) is 0 Å². The Balaban J connectivity index is 1.76. The molecule has 26 heavy (non-hydrogen) atoms. The van der Waals surface area contributed by atoms with Crippen LogP contribution in [0, 0.1) is 18.3 Å². The van der Waals surface area contributed by atoms with Crippen LogP contribution >= 0.6 is 0 Å². The highest BCUT2D eigenvalue weighted by Gasteiger charge is 2.12. The number of nitriles is 1. The van der Waals surface area contributed by atoms with Crippen molar-refractivity contribution in [3.05, 3.63) is 95.1 Å². The van der Waals surface area contributed by atoms with E-state index in [2.05, 4.69) is 73.7 Å². The fourth-order valence-corrected chi connectivity index (χ4v) is 4.08. The number of hydrogen-bond acceptors (Lipinski definition) is 1. The molecule has 5 rings (SSSR count). The van der Waals surface area contributed by atoms with Crippen LogP contribution in [0.25, 0.3) is 32.3 Å². The molecule has 0 fully saturated rings. The normalized spacial score (nSPS) is 11.4. The van der Waals surface area contributed by atoms with Crippen molar-refractivity contribution in [2.45, 2.75) is 13.3 Å². The van der Waals surface area contributed by atoms with Crippen LogP contribution in [0.3, 0.4) is 0 Å². The molecule has 0 bridgehead atoms. The van der Waals surface area contributed by atoms with Crippen molar-refractivity contribution in [1.29, 1.82) is 5.26 Å². The molecule has 0 N–H and O–H groups in total. The smallest absolute Gasteiger partial charge is 0.0991 e. The highest BCUT2D eigenvalue weighted by atomic mass is 14.2. The first-order valence-electron chi connectivity index (χ1n) is 8.89. The zero-order valence-electron chi connectivity index (χ0n) is 14.6. The maximum absolute atomic E-state index is 8.99. The van der Waals surface area contributed by atoms with Gasteiger partial charge in [-0.15, -0.1) is 0 Å². The lowest BCUT2D eigenvalue weighted by Gasteiger charge is -2.15. The molecule has 0 aliphatic rings. The fraction of sp³-hybridized carbons (Fsp3) is 0.0800. The summed E-state index contributed by atoms with van der Waals surface area (Å²) in [6, 6.07) is 28.0. The lowest BCUT2D eigenvalue weighted by molar-refractivity contribution is 1.21. The molecule has 0 amide bonds. The van der Waals surface area contributed by atoms with Gasteiger partial charge in [-0.3, -0.25) is 0 Å². The quantitative estimate of drug-likeness (QED) is 0.345. The monoisotopic (exact) mass is 331 g/mol. The van der Waals surface area contributed by atoms with Gasteiger partial charge < -0.3 is 0 Å². The molecule has 0 aromatic heterocycles. The van der Waals surface area contributed by atoms with Gasteiger partial charge in [0.25, 0.3) is 0 Å². The third-order valence-corrected chi connectivity index (χ3v) is 5.45. The third kappa shape index (κ3) is 2.16. The minimum absolute atomic E-state index is 0.708. The molecular formula is C25H17N. The van der Waals surface area contributed by atoms with Crippen molar-refractivity contribution in [2.24, 2.45) is 0 Å². The number of rotatable bonds is 2. The van der Waals surface area contributed by atoms with Crippen LogP contribution in [0.5, 0.6) is 0 Å². The second kappa shape index (κ2) is 5.58. The standard InChI is InChI=1S/C25H17N/c1-16-2-7-19-11-13-23-21(14-17-3-5-18(15-26)6-4-17)9-8-20-10-12-22(16)24(19)25(20)23/h2-13H,14H2,1H3. The van der Waals surface area contributed by atoms with E-state index in [0.717, 1.165) is 6.42 Å². The molecule has 0 aliphatic carbocycles. The Hall–Kier alpha value is -3.37. The first-order chi connectivity index (χ1) is 12.7. The molecule has 0 atom stereocenters. The van der Waals surface area contributed by atoms with Gasteiger partial charge in [0.2, 0.25) is 0 Å². The summed E-state index contributed by atoms with van der Waals surface area (Å²) < 4.78 is 0. The van der Waals surface area contributed by atoms with Gasteiger partial charge in [0.1, 0.15) is 0 Å². The van der Waals surface area contributed by atoms with Gasteiger partial charge in [0.15, 0.2) is 0 Å². The second-order valence-corrected chi connectivity index (χ2v) is 7.02. The van der Waals surface area contributed by atoms with Crippen molar-refractivity contribution in [3.8, 4) is 6.07 Å². The predicted molar refractivity (Wildman–Crippen MR) is 109 cm³/mol. The SMILES string of the molecule is Cc1ccc2ccc3c(Cc4ccc(C#N)cc4)ccc4ccc1c2c43. The molecule has 1 nitrogen and oxygen atoms in total. The molecule has 0 radical (unpaired) electrons. The largest absolute Gasteiger partial charge is 0.192 e. The summed E-state index contributed by atoms with van der Waals surface area (Å²) in [5, 5.41) is 17.0. The summed E-state index contributed by atoms with van der Waals surface area (Å²) in [5.74, 6) is 0. The summed E-state index contributed by atoms with van der Waals surface area (Å²) in [4.78, 5) is 0. The van der Waals surface area contributed by atoms with Gasteiger partial charge in [-0.25, -0.2) is 0 Å². The predicted octanol–water partition coefficient (Wildman–Crippen LogP) is 6.35. The van der Waals surface area contributed by atoms with Crippen molar-refractivity contribution < 1.29 is 0 Å². The summed E-state index contributed by atoms with van der Waals surface area (Å²) in [6.45, 7) is 2.18. The summed E-state index contributed by atoms with van der Waals surface area (Å²) in [5.41, 5.74) is 4.59. The zero-order valence-corrected chi connectivity index (χ0v) is 14.6. The van der Waals surface area contributed by atoms with Crippen LogP contribution in [-0.2, 0) is 6.42 Å². The van der Waals surface area contributed by atoms with E-state index in [0.29, 0.717) is 5.56 Å². The van der Waals surface area contributed by atoms with Gasteiger partial charge >= 0.3 is 0 Å². The van der Waals surface area contributed by atoms with Crippen LogP contribution in [0.15, 0.2) is 72.8 Å². The Morgan fingerprint density at radius 3 is 2.04 bits per heavy atom. The average molecular weight is 331 g/mol. The Morgan fingerprint density at radius 2 is 1.31 bits per heavy atom. The number of benzene rings is 5. The first kappa shape index (κ1) is 14.9. The van der Waals surface area contributed by atoms with E-state index in [4.69, 9.17) is 5.26 Å². The first-order valence-corrected chi connectivity index (χ1v) is 8.89. The number of hydrogen-bond donors (Lipinski definition) is 0. The van der Waals surface area contributed by atoms with Crippen LogP contribution in [-0.4, -0.2) is 0 Å². The van der Waals surface area contributed by atoms with E-state index in [9.17, 15) is 0 Å². The van der Waals surface area contributed by atoms with E-state index < -0.39 is 0 Å². The minimum atomic E-state index is 0.708. The Morgan fingerprint density at radius 1 is 0.692 bits per heavy atom. The summed E-state index contributed by atoms with van der Waals surface area (Å²) in [7, 11) is 0. The van der Waals surface area contributed by atoms with Crippen molar-refractivity contribution in [3.63, 3.8) is 0 Å². The molecule has 0 spiro atoms. The maximum Gasteiger partial charge on any atom is 0.0991 e. The molecule has 0 saturated carbocycles. The van der Waals surface area contributed by atoms with Gasteiger partial charge in [-0.1, -0.05) is 60.7 Å². The van der Waals surface area contributed by atoms with Gasteiger partial charge in [0.05, 0.1) is 11.6 Å². The van der Waals surface area contributed by atoms with Gasteiger partial charge in [-0.2, -0.15) is 5.26 Å². The van der Waals surface area contributed by atoms with Crippen molar-refractivity contribution >= 4 is 32.3 Å². The maximum atomic E-state index is 8.99. The van der Waals surface area contributed by atoms with Crippen LogP contribution in [0.1, 0.15) is 22.3 Å². The molecule has 0 heterocycles. The molecule has 1 heteroatoms. The van der Waals surface area contributed by atoms with E-state index >= 15 is 0 Å². The molecule has 5 aromatic carbocycles. The fourth-order valence-electron chi connectivity index (χ4n) is 4.08. The Kier molecular flexibility index (Phi) is 3.20. The molecule has 0 aliphatic heterocycles. The summed E-state index contributed by atoms with van der Waals surface area (Å²) >= 11 is 0. The van der Waals surface area contributed by atoms with Crippen molar-refractivity contribution in [2.75, 3.05) is 0 Å². The second-order valence-electron chi connectivity index (χ2n) is 7.02. The highest BCUT2D eigenvalue weighted by molar-refractivity contribution is 6.24. The molecule has 5 aromatic rings. The Bertz CT molecular complexity index is 1300. The van der Waals surface area contributed by atoms with E-state index in [-0.39, 0.29) is 0 Å². The lowest BCUT2D eigenvalue weighted by atomic mass is 9.89. The zero-order chi connectivity index (χ0) is 17.7. The highest BCUT2D eigenvalue weighted by Crippen LogP contribution is 2.37. The number of aryl methyl sites for hydroxylation is 1. The Labute approximate surface area is 152 Å². The van der Waals surface area contributed by atoms with E-state index in [1.54, 1.807) is 0 Å². The van der Waals surface area contributed by atoms with Gasteiger partial charge in [-0.05, 0) is 74.5 Å². The lowest BCUT2D eigenvalue weighted by Crippen LogP contribution is -1.93. The molecular weight excluding hydrogens is 314 g/mol. The van der Waals surface area contributed by atoms with E-state index in [1.807, 2.05) is 12.1 Å². The van der Waals surface area contributed by atoms with Crippen LogP contribution < -0.4 is 0 Å². The molecule has 122 valence electrons. The average Bonchev–Trinajstić information content (AvgIpc) is 2.69. The number of nitrogens with zero attached hydrogens (tertiary/aromatic N) is 1. The van der Waals surface area contributed by atoms with Crippen molar-refractivity contribution in [1.82, 2.24) is 0 Å². The summed E-state index contributed by atoms with van der Waals surface area (Å²) in [6.07, 6.45) is 0.874.